The highest BCUT2D eigenvalue weighted by Crippen LogP contribution is 1.99. The van der Waals surface area contributed by atoms with Gasteiger partial charge in [-0.2, -0.15) is 0 Å². The van der Waals surface area contributed by atoms with Crippen molar-refractivity contribution in [3.05, 3.63) is 12.2 Å². The lowest BCUT2D eigenvalue weighted by Crippen LogP contribution is -1.80. The van der Waals surface area contributed by atoms with Gasteiger partial charge in [-0.25, -0.2) is 0 Å². The summed E-state index contributed by atoms with van der Waals surface area (Å²) in [6, 6.07) is 0. The van der Waals surface area contributed by atoms with Crippen molar-refractivity contribution in [3.8, 4) is 0 Å². The zero-order chi connectivity index (χ0) is 11.9. The van der Waals surface area contributed by atoms with Crippen LogP contribution in [0.2, 0.25) is 0 Å². The Bertz CT molecular complexity index is 149. The molecule has 90 valence electrons. The molecule has 0 amide bonds. The van der Waals surface area contributed by atoms with E-state index >= 15 is 0 Å². The van der Waals surface area contributed by atoms with Gasteiger partial charge >= 0.3 is 0 Å². The molecule has 0 saturated carbocycles. The van der Waals surface area contributed by atoms with Gasteiger partial charge < -0.3 is 10.2 Å². The van der Waals surface area contributed by atoms with Crippen LogP contribution in [0.25, 0.3) is 0 Å². The van der Waals surface area contributed by atoms with Gasteiger partial charge in [0.05, 0.1) is 0 Å². The smallest absolute Gasteiger partial charge is 0.300 e. The Hall–Kier alpha value is -0.830. The molecule has 0 unspecified atom stereocenters. The molecule has 0 atom stereocenters. The Balaban J connectivity index is 0. The van der Waals surface area contributed by atoms with E-state index in [9.17, 15) is 0 Å². The number of carboxylic acids is 1. The first-order chi connectivity index (χ1) is 7.15. The summed E-state index contributed by atoms with van der Waals surface area (Å²) in [6.07, 6.45) is 11.5. The molecule has 0 aromatic carbocycles. The molecule has 3 nitrogen and oxygen atoms in total. The molecule has 0 aromatic rings. The first kappa shape index (κ1) is 16.6. The molecule has 0 heterocycles. The highest BCUT2D eigenvalue weighted by atomic mass is 16.4. The molecule has 0 aliphatic carbocycles. The minimum atomic E-state index is -0.833. The molecular formula is C12H24O3. The predicted molar refractivity (Wildman–Crippen MR) is 62.9 cm³/mol. The molecule has 15 heavy (non-hydrogen) atoms. The van der Waals surface area contributed by atoms with Crippen molar-refractivity contribution in [1.82, 2.24) is 0 Å². The average molecular weight is 216 g/mol. The third-order valence-electron chi connectivity index (χ3n) is 1.67. The van der Waals surface area contributed by atoms with Gasteiger partial charge in [-0.3, -0.25) is 4.79 Å². The van der Waals surface area contributed by atoms with Crippen molar-refractivity contribution in [2.45, 2.75) is 52.4 Å². The maximum atomic E-state index is 9.00. The molecule has 0 aliphatic rings. The SMILES string of the molecule is CC(=O)O.CCCC/C=C\CCCCO. The van der Waals surface area contributed by atoms with E-state index in [0.29, 0.717) is 6.61 Å². The van der Waals surface area contributed by atoms with Crippen molar-refractivity contribution in [3.63, 3.8) is 0 Å². The molecule has 0 fully saturated rings. The number of carbonyl (C=O) groups is 1. The van der Waals surface area contributed by atoms with Crippen molar-refractivity contribution < 1.29 is 15.0 Å². The number of rotatable bonds is 7. The highest BCUT2D eigenvalue weighted by Gasteiger charge is 1.82. The molecule has 0 bridgehead atoms. The Morgan fingerprint density at radius 1 is 1.13 bits per heavy atom. The van der Waals surface area contributed by atoms with E-state index in [4.69, 9.17) is 15.0 Å². The van der Waals surface area contributed by atoms with Gasteiger partial charge in [0.2, 0.25) is 0 Å². The van der Waals surface area contributed by atoms with Crippen LogP contribution in [-0.4, -0.2) is 22.8 Å². The Morgan fingerprint density at radius 2 is 1.60 bits per heavy atom. The van der Waals surface area contributed by atoms with Crippen LogP contribution in [0.15, 0.2) is 12.2 Å². The zero-order valence-electron chi connectivity index (χ0n) is 9.91. The van der Waals surface area contributed by atoms with Gasteiger partial charge in [0, 0.05) is 13.5 Å². The maximum absolute atomic E-state index is 9.00. The third-order valence-corrected chi connectivity index (χ3v) is 1.67. The third kappa shape index (κ3) is 32.0. The monoisotopic (exact) mass is 216 g/mol. The molecule has 0 spiro atoms. The number of allylic oxidation sites excluding steroid dienone is 2. The zero-order valence-corrected chi connectivity index (χ0v) is 9.91. The number of carboxylic acid groups (broad SMARTS) is 1. The molecule has 0 radical (unpaired) electrons. The van der Waals surface area contributed by atoms with E-state index in [2.05, 4.69) is 19.1 Å². The quantitative estimate of drug-likeness (QED) is 0.508. The summed E-state index contributed by atoms with van der Waals surface area (Å²) in [5, 5.41) is 15.9. The summed E-state index contributed by atoms with van der Waals surface area (Å²) in [5.74, 6) is -0.833. The Morgan fingerprint density at radius 3 is 2.00 bits per heavy atom. The van der Waals surface area contributed by atoms with E-state index < -0.39 is 5.97 Å². The normalized spacial score (nSPS) is 9.80. The molecule has 0 aliphatic heterocycles. The van der Waals surface area contributed by atoms with E-state index in [0.717, 1.165) is 26.2 Å². The molecule has 3 heteroatoms. The number of unbranched alkanes of at least 4 members (excludes halogenated alkanes) is 4. The predicted octanol–water partition coefficient (Wildman–Crippen LogP) is 2.99. The first-order valence-electron chi connectivity index (χ1n) is 5.60. The standard InChI is InChI=1S/C10H20O.C2H4O2/c1-2-3-4-5-6-7-8-9-10-11;1-2(3)4/h5-6,11H,2-4,7-10H2,1H3;1H3,(H,3,4)/b6-5-;. The minimum Gasteiger partial charge on any atom is -0.481 e. The van der Waals surface area contributed by atoms with E-state index in [1.165, 1.54) is 19.3 Å². The fraction of sp³-hybridized carbons (Fsp3) is 0.750. The van der Waals surface area contributed by atoms with Gasteiger partial charge in [0.25, 0.3) is 5.97 Å². The molecule has 2 N–H and O–H groups in total. The Kier molecular flexibility index (Phi) is 17.3. The lowest BCUT2D eigenvalue weighted by Gasteiger charge is -1.91. The first-order valence-corrected chi connectivity index (χ1v) is 5.60. The van der Waals surface area contributed by atoms with Crippen LogP contribution in [0.3, 0.4) is 0 Å². The van der Waals surface area contributed by atoms with Gasteiger partial charge in [-0.1, -0.05) is 31.9 Å². The molecular weight excluding hydrogens is 192 g/mol. The number of aliphatic hydroxyl groups is 1. The van der Waals surface area contributed by atoms with E-state index in [-0.39, 0.29) is 0 Å². The topological polar surface area (TPSA) is 57.5 Å². The summed E-state index contributed by atoms with van der Waals surface area (Å²) in [7, 11) is 0. The number of hydrogen-bond acceptors (Lipinski definition) is 2. The minimum absolute atomic E-state index is 0.336. The number of hydrogen-bond donors (Lipinski definition) is 2. The highest BCUT2D eigenvalue weighted by molar-refractivity contribution is 5.62. The summed E-state index contributed by atoms with van der Waals surface area (Å²) in [6.45, 7) is 3.63. The summed E-state index contributed by atoms with van der Waals surface area (Å²) >= 11 is 0. The van der Waals surface area contributed by atoms with Crippen LogP contribution in [0.4, 0.5) is 0 Å². The largest absolute Gasteiger partial charge is 0.481 e. The van der Waals surface area contributed by atoms with Gasteiger partial charge in [-0.05, 0) is 25.7 Å². The van der Waals surface area contributed by atoms with Crippen molar-refractivity contribution in [2.24, 2.45) is 0 Å². The van der Waals surface area contributed by atoms with Crippen LogP contribution in [-0.2, 0) is 4.79 Å². The van der Waals surface area contributed by atoms with Crippen molar-refractivity contribution in [1.29, 1.82) is 0 Å². The van der Waals surface area contributed by atoms with Crippen LogP contribution < -0.4 is 0 Å². The molecule has 0 saturated heterocycles. The second kappa shape index (κ2) is 15.6. The lowest BCUT2D eigenvalue weighted by atomic mass is 10.2. The van der Waals surface area contributed by atoms with Crippen LogP contribution in [0.5, 0.6) is 0 Å². The second-order valence-electron chi connectivity index (χ2n) is 3.35. The second-order valence-corrected chi connectivity index (χ2v) is 3.35. The number of aliphatic hydroxyl groups excluding tert-OH is 1. The molecule has 0 rings (SSSR count). The fourth-order valence-corrected chi connectivity index (χ4v) is 0.932. The lowest BCUT2D eigenvalue weighted by molar-refractivity contribution is -0.134. The summed E-state index contributed by atoms with van der Waals surface area (Å²) < 4.78 is 0. The summed E-state index contributed by atoms with van der Waals surface area (Å²) in [5.41, 5.74) is 0. The van der Waals surface area contributed by atoms with Crippen LogP contribution >= 0.6 is 0 Å². The van der Waals surface area contributed by atoms with Gasteiger partial charge in [-0.15, -0.1) is 0 Å². The fourth-order valence-electron chi connectivity index (χ4n) is 0.932. The van der Waals surface area contributed by atoms with Crippen LogP contribution in [0, 0.1) is 0 Å². The summed E-state index contributed by atoms with van der Waals surface area (Å²) in [4.78, 5) is 9.00. The van der Waals surface area contributed by atoms with E-state index in [1.807, 2.05) is 0 Å². The van der Waals surface area contributed by atoms with Gasteiger partial charge in [0.1, 0.15) is 0 Å². The maximum Gasteiger partial charge on any atom is 0.300 e. The average Bonchev–Trinajstić information content (AvgIpc) is 2.16. The Labute approximate surface area is 92.8 Å². The van der Waals surface area contributed by atoms with Crippen molar-refractivity contribution in [2.75, 3.05) is 6.61 Å². The van der Waals surface area contributed by atoms with Crippen molar-refractivity contribution >= 4 is 5.97 Å². The van der Waals surface area contributed by atoms with E-state index in [1.54, 1.807) is 0 Å². The van der Waals surface area contributed by atoms with Crippen LogP contribution in [0.1, 0.15) is 52.4 Å². The number of aliphatic carboxylic acids is 1. The van der Waals surface area contributed by atoms with Gasteiger partial charge in [0.15, 0.2) is 0 Å². The molecule has 0 aromatic heterocycles.